The molecular formula is C16H13ClO3. The summed E-state index contributed by atoms with van der Waals surface area (Å²) in [5.41, 5.74) is 0.785. The van der Waals surface area contributed by atoms with Crippen molar-refractivity contribution in [3.63, 3.8) is 0 Å². The van der Waals surface area contributed by atoms with Gasteiger partial charge in [-0.3, -0.25) is 0 Å². The van der Waals surface area contributed by atoms with Crippen molar-refractivity contribution in [2.45, 2.75) is 0 Å². The van der Waals surface area contributed by atoms with Crippen molar-refractivity contribution in [2.75, 3.05) is 7.11 Å². The first-order valence-corrected chi connectivity index (χ1v) is 6.35. The van der Waals surface area contributed by atoms with Crippen LogP contribution in [0.4, 0.5) is 0 Å². The van der Waals surface area contributed by atoms with Crippen LogP contribution in [0.3, 0.4) is 0 Å². The molecule has 0 spiro atoms. The summed E-state index contributed by atoms with van der Waals surface area (Å²) in [7, 11) is 1.34. The molecule has 0 atom stereocenters. The van der Waals surface area contributed by atoms with E-state index in [1.165, 1.54) is 13.2 Å². The highest BCUT2D eigenvalue weighted by Crippen LogP contribution is 2.27. The number of carbonyl (C=O) groups is 1. The van der Waals surface area contributed by atoms with Gasteiger partial charge in [-0.15, -0.1) is 0 Å². The van der Waals surface area contributed by atoms with E-state index in [9.17, 15) is 4.79 Å². The third-order valence-electron chi connectivity index (χ3n) is 2.56. The molecule has 4 heteroatoms. The first kappa shape index (κ1) is 14.2. The first-order chi connectivity index (χ1) is 9.69. The number of para-hydroxylation sites is 1. The maximum atomic E-state index is 11.1. The number of hydrogen-bond acceptors (Lipinski definition) is 3. The van der Waals surface area contributed by atoms with Crippen molar-refractivity contribution in [3.05, 3.63) is 65.2 Å². The van der Waals surface area contributed by atoms with E-state index >= 15 is 0 Å². The second-order valence-electron chi connectivity index (χ2n) is 3.95. The Morgan fingerprint density at radius 1 is 1.10 bits per heavy atom. The Bertz CT molecular complexity index is 618. The number of esters is 1. The minimum atomic E-state index is -0.411. The standard InChI is InChI=1S/C16H13ClO3/c1-19-16(18)11-6-12-4-2-3-5-15(12)20-14-9-7-13(17)8-10-14/h2-11H,1H3. The van der Waals surface area contributed by atoms with Gasteiger partial charge in [0.2, 0.25) is 0 Å². The summed E-state index contributed by atoms with van der Waals surface area (Å²) in [4.78, 5) is 11.1. The van der Waals surface area contributed by atoms with E-state index in [1.54, 1.807) is 30.3 Å². The third-order valence-corrected chi connectivity index (χ3v) is 2.81. The molecule has 20 heavy (non-hydrogen) atoms. The van der Waals surface area contributed by atoms with Gasteiger partial charge in [0.15, 0.2) is 0 Å². The van der Waals surface area contributed by atoms with E-state index in [0.717, 1.165) is 5.56 Å². The Hall–Kier alpha value is -2.26. The van der Waals surface area contributed by atoms with Crippen LogP contribution in [0.1, 0.15) is 5.56 Å². The van der Waals surface area contributed by atoms with Gasteiger partial charge < -0.3 is 9.47 Å². The van der Waals surface area contributed by atoms with Gasteiger partial charge in [0, 0.05) is 16.7 Å². The van der Waals surface area contributed by atoms with Crippen LogP contribution in [0.15, 0.2) is 54.6 Å². The first-order valence-electron chi connectivity index (χ1n) is 5.97. The molecule has 0 aliphatic carbocycles. The molecule has 0 amide bonds. The van der Waals surface area contributed by atoms with Crippen LogP contribution in [0.5, 0.6) is 11.5 Å². The number of rotatable bonds is 4. The van der Waals surface area contributed by atoms with Crippen LogP contribution in [0.2, 0.25) is 5.02 Å². The fraction of sp³-hybridized carbons (Fsp3) is 0.0625. The van der Waals surface area contributed by atoms with Crippen molar-refractivity contribution >= 4 is 23.6 Å². The normalized spacial score (nSPS) is 10.5. The van der Waals surface area contributed by atoms with Crippen LogP contribution in [0.25, 0.3) is 6.08 Å². The van der Waals surface area contributed by atoms with Crippen molar-refractivity contribution in [1.29, 1.82) is 0 Å². The lowest BCUT2D eigenvalue weighted by atomic mass is 10.2. The second-order valence-corrected chi connectivity index (χ2v) is 4.39. The highest BCUT2D eigenvalue weighted by atomic mass is 35.5. The molecule has 0 fully saturated rings. The maximum Gasteiger partial charge on any atom is 0.330 e. The summed E-state index contributed by atoms with van der Waals surface area (Å²) in [6.07, 6.45) is 3.00. The molecule has 0 aliphatic rings. The van der Waals surface area contributed by atoms with E-state index in [0.29, 0.717) is 16.5 Å². The van der Waals surface area contributed by atoms with Gasteiger partial charge in [-0.25, -0.2) is 4.79 Å². The van der Waals surface area contributed by atoms with Gasteiger partial charge in [0.05, 0.1) is 7.11 Å². The number of ether oxygens (including phenoxy) is 2. The molecule has 0 radical (unpaired) electrons. The van der Waals surface area contributed by atoms with Gasteiger partial charge in [-0.05, 0) is 36.4 Å². The summed E-state index contributed by atoms with van der Waals surface area (Å²) < 4.78 is 10.3. The van der Waals surface area contributed by atoms with Crippen LogP contribution in [-0.4, -0.2) is 13.1 Å². The molecule has 0 aliphatic heterocycles. The van der Waals surface area contributed by atoms with Gasteiger partial charge in [0.25, 0.3) is 0 Å². The summed E-state index contributed by atoms with van der Waals surface area (Å²) in [6.45, 7) is 0. The quantitative estimate of drug-likeness (QED) is 0.621. The van der Waals surface area contributed by atoms with Crippen molar-refractivity contribution in [2.24, 2.45) is 0 Å². The third kappa shape index (κ3) is 3.87. The number of benzene rings is 2. The van der Waals surface area contributed by atoms with Crippen LogP contribution in [-0.2, 0) is 9.53 Å². The molecular weight excluding hydrogens is 276 g/mol. The number of hydrogen-bond donors (Lipinski definition) is 0. The molecule has 0 unspecified atom stereocenters. The molecule has 0 aromatic heterocycles. The topological polar surface area (TPSA) is 35.5 Å². The average molecular weight is 289 g/mol. The van der Waals surface area contributed by atoms with E-state index in [4.69, 9.17) is 16.3 Å². The van der Waals surface area contributed by atoms with Crippen molar-refractivity contribution < 1.29 is 14.3 Å². The average Bonchev–Trinajstić information content (AvgIpc) is 2.48. The lowest BCUT2D eigenvalue weighted by Gasteiger charge is -2.08. The Balaban J connectivity index is 2.21. The molecule has 0 saturated heterocycles. The summed E-state index contributed by atoms with van der Waals surface area (Å²) >= 11 is 5.83. The largest absolute Gasteiger partial charge is 0.466 e. The minimum Gasteiger partial charge on any atom is -0.466 e. The molecule has 0 N–H and O–H groups in total. The van der Waals surface area contributed by atoms with Gasteiger partial charge in [0.1, 0.15) is 11.5 Å². The van der Waals surface area contributed by atoms with Crippen molar-refractivity contribution in [1.82, 2.24) is 0 Å². The summed E-state index contributed by atoms with van der Waals surface area (Å²) in [5, 5.41) is 0.649. The van der Waals surface area contributed by atoms with Gasteiger partial charge in [-0.1, -0.05) is 29.8 Å². The Kier molecular flexibility index (Phi) is 4.80. The number of carbonyl (C=O) groups excluding carboxylic acids is 1. The predicted octanol–water partition coefficient (Wildman–Crippen LogP) is 4.32. The molecule has 0 heterocycles. The minimum absolute atomic E-state index is 0.411. The Morgan fingerprint density at radius 3 is 2.50 bits per heavy atom. The smallest absolute Gasteiger partial charge is 0.330 e. The van der Waals surface area contributed by atoms with E-state index < -0.39 is 5.97 Å². The molecule has 102 valence electrons. The fourth-order valence-corrected chi connectivity index (χ4v) is 1.69. The zero-order valence-electron chi connectivity index (χ0n) is 10.9. The lowest BCUT2D eigenvalue weighted by Crippen LogP contribution is -1.94. The van der Waals surface area contributed by atoms with Crippen molar-refractivity contribution in [3.8, 4) is 11.5 Å². The highest BCUT2D eigenvalue weighted by molar-refractivity contribution is 6.30. The second kappa shape index (κ2) is 6.78. The Labute approximate surface area is 122 Å². The number of halogens is 1. The van der Waals surface area contributed by atoms with E-state index in [2.05, 4.69) is 4.74 Å². The lowest BCUT2D eigenvalue weighted by molar-refractivity contribution is -0.134. The van der Waals surface area contributed by atoms with Crippen LogP contribution >= 0.6 is 11.6 Å². The zero-order valence-corrected chi connectivity index (χ0v) is 11.6. The Morgan fingerprint density at radius 2 is 1.80 bits per heavy atom. The molecule has 2 aromatic rings. The predicted molar refractivity (Wildman–Crippen MR) is 79.0 cm³/mol. The number of methoxy groups -OCH3 is 1. The molecule has 3 nitrogen and oxygen atoms in total. The maximum absolute atomic E-state index is 11.1. The molecule has 0 bridgehead atoms. The van der Waals surface area contributed by atoms with Crippen LogP contribution in [0, 0.1) is 0 Å². The molecule has 0 saturated carbocycles. The molecule has 2 rings (SSSR count). The van der Waals surface area contributed by atoms with Gasteiger partial charge >= 0.3 is 5.97 Å². The zero-order chi connectivity index (χ0) is 14.4. The van der Waals surface area contributed by atoms with Gasteiger partial charge in [-0.2, -0.15) is 0 Å². The highest BCUT2D eigenvalue weighted by Gasteiger charge is 2.02. The summed E-state index contributed by atoms with van der Waals surface area (Å²) in [6, 6.07) is 14.5. The van der Waals surface area contributed by atoms with E-state index in [-0.39, 0.29) is 0 Å². The summed E-state index contributed by atoms with van der Waals surface area (Å²) in [5.74, 6) is 0.912. The van der Waals surface area contributed by atoms with E-state index in [1.807, 2.05) is 24.3 Å². The SMILES string of the molecule is COC(=O)C=Cc1ccccc1Oc1ccc(Cl)cc1. The van der Waals surface area contributed by atoms with Crippen LogP contribution < -0.4 is 4.74 Å². The molecule has 2 aromatic carbocycles. The fourth-order valence-electron chi connectivity index (χ4n) is 1.57. The monoisotopic (exact) mass is 288 g/mol.